The molecule has 2 heterocycles. The minimum Gasteiger partial charge on any atom is -0.420 e. The predicted molar refractivity (Wildman–Crippen MR) is 107 cm³/mol. The molecule has 1 fully saturated rings. The Balaban J connectivity index is 1.33. The molecule has 146 valence electrons. The zero-order valence-corrected chi connectivity index (χ0v) is 16.3. The summed E-state index contributed by atoms with van der Waals surface area (Å²) in [5.41, 5.74) is 1.91. The van der Waals surface area contributed by atoms with Gasteiger partial charge in [-0.2, -0.15) is 0 Å². The molecule has 2 aromatic heterocycles. The van der Waals surface area contributed by atoms with E-state index in [2.05, 4.69) is 37.1 Å². The van der Waals surface area contributed by atoms with E-state index in [9.17, 15) is 4.39 Å². The van der Waals surface area contributed by atoms with Crippen molar-refractivity contribution in [2.24, 2.45) is 0 Å². The fourth-order valence-corrected chi connectivity index (χ4v) is 3.89. The van der Waals surface area contributed by atoms with Crippen LogP contribution in [0.1, 0.15) is 36.0 Å². The molecule has 0 saturated heterocycles. The topological polar surface area (TPSA) is 69.6 Å². The van der Waals surface area contributed by atoms with Crippen LogP contribution in [0.15, 0.2) is 64.2 Å². The molecule has 4 aromatic rings. The molecule has 1 aliphatic carbocycles. The highest BCUT2D eigenvalue weighted by Gasteiger charge is 2.30. The molecule has 0 aliphatic heterocycles. The first-order chi connectivity index (χ1) is 14.3. The molecule has 0 amide bonds. The quantitative estimate of drug-likeness (QED) is 0.414. The van der Waals surface area contributed by atoms with Crippen molar-refractivity contribution in [2.75, 3.05) is 0 Å². The number of aromatic nitrogens is 5. The van der Waals surface area contributed by atoms with Crippen LogP contribution in [0.5, 0.6) is 0 Å². The van der Waals surface area contributed by atoms with Crippen LogP contribution in [0.2, 0.25) is 0 Å². The number of hydrogen-bond acceptors (Lipinski definition) is 6. The lowest BCUT2D eigenvalue weighted by atomic mass is 10.2. The summed E-state index contributed by atoms with van der Waals surface area (Å²) in [6, 6.07) is 16.3. The van der Waals surface area contributed by atoms with Gasteiger partial charge in [-0.1, -0.05) is 42.1 Å². The first-order valence-corrected chi connectivity index (χ1v) is 10.4. The van der Waals surface area contributed by atoms with Crippen molar-refractivity contribution in [3.05, 3.63) is 77.7 Å². The van der Waals surface area contributed by atoms with Gasteiger partial charge in [0.05, 0.1) is 12.3 Å². The van der Waals surface area contributed by atoms with Gasteiger partial charge < -0.3 is 8.98 Å². The fraction of sp³-hybridized carbons (Fsp3) is 0.238. The van der Waals surface area contributed by atoms with Gasteiger partial charge >= 0.3 is 0 Å². The number of benzene rings is 2. The zero-order chi connectivity index (χ0) is 19.6. The lowest BCUT2D eigenvalue weighted by molar-refractivity contribution is 0.528. The van der Waals surface area contributed by atoms with Crippen LogP contribution in [-0.4, -0.2) is 25.0 Å². The van der Waals surface area contributed by atoms with Crippen molar-refractivity contribution in [1.82, 2.24) is 25.0 Å². The van der Waals surface area contributed by atoms with Gasteiger partial charge in [-0.3, -0.25) is 0 Å². The van der Waals surface area contributed by atoms with E-state index in [0.717, 1.165) is 17.5 Å². The zero-order valence-electron chi connectivity index (χ0n) is 15.5. The van der Waals surface area contributed by atoms with Crippen LogP contribution < -0.4 is 0 Å². The Morgan fingerprint density at radius 2 is 1.76 bits per heavy atom. The molecule has 5 rings (SSSR count). The van der Waals surface area contributed by atoms with Crippen LogP contribution in [-0.2, 0) is 12.3 Å². The van der Waals surface area contributed by atoms with Crippen molar-refractivity contribution in [2.45, 2.75) is 36.2 Å². The van der Waals surface area contributed by atoms with E-state index in [1.165, 1.54) is 42.3 Å². The average Bonchev–Trinajstić information content (AvgIpc) is 3.35. The van der Waals surface area contributed by atoms with Crippen LogP contribution in [0.25, 0.3) is 11.5 Å². The summed E-state index contributed by atoms with van der Waals surface area (Å²) in [4.78, 5) is 0. The fourth-order valence-electron chi connectivity index (χ4n) is 3.11. The van der Waals surface area contributed by atoms with E-state index in [0.29, 0.717) is 29.0 Å². The molecule has 2 aromatic carbocycles. The molecule has 1 aliphatic rings. The van der Waals surface area contributed by atoms with E-state index in [-0.39, 0.29) is 5.82 Å². The summed E-state index contributed by atoms with van der Waals surface area (Å²) in [5, 5.41) is 17.9. The second-order valence-electron chi connectivity index (χ2n) is 6.98. The van der Waals surface area contributed by atoms with Gasteiger partial charge in [0.15, 0.2) is 5.16 Å². The summed E-state index contributed by atoms with van der Waals surface area (Å²) in [6.07, 6.45) is 2.34. The molecule has 6 nitrogen and oxygen atoms in total. The molecule has 0 unspecified atom stereocenters. The Kier molecular flexibility index (Phi) is 4.85. The Hall–Kier alpha value is -3.00. The summed E-state index contributed by atoms with van der Waals surface area (Å²) in [5.74, 6) is 2.63. The van der Waals surface area contributed by atoms with Gasteiger partial charge in [0.25, 0.3) is 0 Å². The van der Waals surface area contributed by atoms with Gasteiger partial charge in [0, 0.05) is 11.5 Å². The van der Waals surface area contributed by atoms with Crippen molar-refractivity contribution in [1.29, 1.82) is 0 Å². The Morgan fingerprint density at radius 3 is 2.52 bits per heavy atom. The van der Waals surface area contributed by atoms with Crippen molar-refractivity contribution >= 4 is 11.8 Å². The Morgan fingerprint density at radius 1 is 0.966 bits per heavy atom. The Labute approximate surface area is 171 Å². The molecule has 0 bridgehead atoms. The van der Waals surface area contributed by atoms with Gasteiger partial charge in [0.1, 0.15) is 11.6 Å². The third-order valence-corrected chi connectivity index (χ3v) is 5.71. The van der Waals surface area contributed by atoms with E-state index >= 15 is 0 Å². The molecule has 0 atom stereocenters. The van der Waals surface area contributed by atoms with Crippen LogP contribution >= 0.6 is 11.8 Å². The highest BCUT2D eigenvalue weighted by molar-refractivity contribution is 7.98. The molecular formula is C21H18FN5OS. The lowest BCUT2D eigenvalue weighted by Gasteiger charge is -2.09. The Bertz CT molecular complexity index is 1110. The van der Waals surface area contributed by atoms with Crippen molar-refractivity contribution in [3.8, 4) is 11.5 Å². The first kappa shape index (κ1) is 18.1. The number of rotatable bonds is 7. The third kappa shape index (κ3) is 4.07. The van der Waals surface area contributed by atoms with Crippen molar-refractivity contribution in [3.63, 3.8) is 0 Å². The number of thioether (sulfide) groups is 1. The second kappa shape index (κ2) is 7.79. The maximum absolute atomic E-state index is 13.1. The van der Waals surface area contributed by atoms with Crippen LogP contribution in [0, 0.1) is 5.82 Å². The lowest BCUT2D eigenvalue weighted by Crippen LogP contribution is -2.06. The molecular weight excluding hydrogens is 389 g/mol. The number of hydrogen-bond donors (Lipinski definition) is 0. The molecule has 8 heteroatoms. The van der Waals surface area contributed by atoms with Crippen LogP contribution in [0.4, 0.5) is 4.39 Å². The summed E-state index contributed by atoms with van der Waals surface area (Å²) in [6.45, 7) is 0.743. The highest BCUT2D eigenvalue weighted by atomic mass is 32.2. The number of halogens is 1. The molecule has 0 radical (unpaired) electrons. The summed E-state index contributed by atoms with van der Waals surface area (Å²) < 4.78 is 21.0. The van der Waals surface area contributed by atoms with E-state index in [1.807, 2.05) is 18.2 Å². The monoisotopic (exact) mass is 407 g/mol. The molecule has 29 heavy (non-hydrogen) atoms. The van der Waals surface area contributed by atoms with E-state index in [4.69, 9.17) is 4.42 Å². The second-order valence-corrected chi connectivity index (χ2v) is 7.93. The minimum atomic E-state index is -0.298. The van der Waals surface area contributed by atoms with Crippen LogP contribution in [0.3, 0.4) is 0 Å². The average molecular weight is 407 g/mol. The standard InChI is InChI=1S/C21H18FN5OS/c22-17-10-8-16(9-11-17)20-25-23-18(28-20)13-29-21-26-24-19(15-6-7-15)27(21)12-14-4-2-1-3-5-14/h1-5,8-11,15H,6-7,12-13H2. The van der Waals surface area contributed by atoms with Gasteiger partial charge in [-0.15, -0.1) is 20.4 Å². The normalized spacial score (nSPS) is 13.7. The largest absolute Gasteiger partial charge is 0.420 e. The predicted octanol–water partition coefficient (Wildman–Crippen LogP) is 4.69. The number of nitrogens with zero attached hydrogens (tertiary/aromatic N) is 5. The summed E-state index contributed by atoms with van der Waals surface area (Å²) >= 11 is 1.53. The van der Waals surface area contributed by atoms with Crippen molar-refractivity contribution < 1.29 is 8.81 Å². The maximum Gasteiger partial charge on any atom is 0.247 e. The van der Waals surface area contributed by atoms with Gasteiger partial charge in [0.2, 0.25) is 11.8 Å². The minimum absolute atomic E-state index is 0.298. The van der Waals surface area contributed by atoms with Gasteiger partial charge in [-0.05, 0) is 42.7 Å². The molecule has 0 N–H and O–H groups in total. The van der Waals surface area contributed by atoms with E-state index in [1.54, 1.807) is 12.1 Å². The van der Waals surface area contributed by atoms with E-state index < -0.39 is 0 Å². The van der Waals surface area contributed by atoms with Gasteiger partial charge in [-0.25, -0.2) is 4.39 Å². The molecule has 0 spiro atoms. The smallest absolute Gasteiger partial charge is 0.247 e. The SMILES string of the molecule is Fc1ccc(-c2nnc(CSc3nnc(C4CC4)n3Cc3ccccc3)o2)cc1. The summed E-state index contributed by atoms with van der Waals surface area (Å²) in [7, 11) is 0. The third-order valence-electron chi connectivity index (χ3n) is 4.75. The maximum atomic E-state index is 13.1. The molecule has 1 saturated carbocycles. The first-order valence-electron chi connectivity index (χ1n) is 9.44. The highest BCUT2D eigenvalue weighted by Crippen LogP contribution is 2.40.